The van der Waals surface area contributed by atoms with Gasteiger partial charge < -0.3 is 0 Å². The van der Waals surface area contributed by atoms with E-state index in [1.54, 1.807) is 19.1 Å². The summed E-state index contributed by atoms with van der Waals surface area (Å²) < 4.78 is 76.5. The van der Waals surface area contributed by atoms with E-state index in [9.17, 15) is 26.3 Å². The molecule has 0 bridgehead atoms. The van der Waals surface area contributed by atoms with Crippen molar-refractivity contribution in [3.8, 4) is 0 Å². The van der Waals surface area contributed by atoms with Gasteiger partial charge in [-0.05, 0) is 37.5 Å². The van der Waals surface area contributed by atoms with Gasteiger partial charge in [0.25, 0.3) is 0 Å². The molecule has 0 aliphatic rings. The molecular formula is C13H13BrF6. The van der Waals surface area contributed by atoms with Gasteiger partial charge in [0.1, 0.15) is 0 Å². The van der Waals surface area contributed by atoms with Gasteiger partial charge in [-0.15, -0.1) is 0 Å². The molecule has 0 saturated carbocycles. The lowest BCUT2D eigenvalue weighted by molar-refractivity contribution is -0.283. The molecule has 0 nitrogen and oxygen atoms in total. The van der Waals surface area contributed by atoms with Gasteiger partial charge in [-0.25, -0.2) is 0 Å². The van der Waals surface area contributed by atoms with Crippen LogP contribution in [0.5, 0.6) is 0 Å². The Bertz CT molecular complexity index is 452. The average Bonchev–Trinajstić information content (AvgIpc) is 2.09. The minimum Gasteiger partial charge on any atom is -0.170 e. The molecule has 0 radical (unpaired) electrons. The smallest absolute Gasteiger partial charge is 0.170 e. The number of benzene rings is 1. The third kappa shape index (κ3) is 3.68. The Morgan fingerprint density at radius 1 is 0.850 bits per heavy atom. The Morgan fingerprint density at radius 2 is 1.20 bits per heavy atom. The number of aryl methyl sites for hydroxylation is 3. The van der Waals surface area contributed by atoms with Gasteiger partial charge in [-0.2, -0.15) is 26.3 Å². The SMILES string of the molecule is Cc1cc(C)c(C(Br)C(C(F)(F)F)C(F)(F)F)c(C)c1. The summed E-state index contributed by atoms with van der Waals surface area (Å²) in [5.41, 5.74) is 1.64. The summed E-state index contributed by atoms with van der Waals surface area (Å²) in [6, 6.07) is 3.14. The first-order valence-electron chi connectivity index (χ1n) is 5.71. The summed E-state index contributed by atoms with van der Waals surface area (Å²) in [5, 5.41) is 0. The van der Waals surface area contributed by atoms with Gasteiger partial charge in [0, 0.05) is 0 Å². The second-order valence-corrected chi connectivity index (χ2v) is 5.76. The van der Waals surface area contributed by atoms with Gasteiger partial charge in [0.2, 0.25) is 0 Å². The predicted molar refractivity (Wildman–Crippen MR) is 67.9 cm³/mol. The van der Waals surface area contributed by atoms with Gasteiger partial charge in [0.05, 0.1) is 4.83 Å². The molecule has 0 aliphatic heterocycles. The van der Waals surface area contributed by atoms with Gasteiger partial charge in [-0.1, -0.05) is 33.6 Å². The molecule has 20 heavy (non-hydrogen) atoms. The van der Waals surface area contributed by atoms with Crippen molar-refractivity contribution in [3.05, 3.63) is 34.4 Å². The van der Waals surface area contributed by atoms with Crippen LogP contribution < -0.4 is 0 Å². The molecule has 0 aromatic heterocycles. The van der Waals surface area contributed by atoms with Crippen molar-refractivity contribution < 1.29 is 26.3 Å². The van der Waals surface area contributed by atoms with E-state index in [-0.39, 0.29) is 5.56 Å². The standard InChI is InChI=1S/C13H13BrF6/c1-6-4-7(2)9(8(3)5-6)10(14)11(12(15,16)17)13(18,19)20/h4-5,10-11H,1-3H3. The Kier molecular flexibility index (Phi) is 4.83. The van der Waals surface area contributed by atoms with Crippen LogP contribution in [0.3, 0.4) is 0 Å². The van der Waals surface area contributed by atoms with Crippen LogP contribution in [0.4, 0.5) is 26.3 Å². The zero-order chi connectivity index (χ0) is 15.9. The van der Waals surface area contributed by atoms with Gasteiger partial charge in [0.15, 0.2) is 5.92 Å². The molecule has 0 amide bonds. The van der Waals surface area contributed by atoms with Crippen LogP contribution in [0, 0.1) is 26.7 Å². The minimum atomic E-state index is -5.36. The molecular weight excluding hydrogens is 350 g/mol. The van der Waals surface area contributed by atoms with Crippen LogP contribution >= 0.6 is 15.9 Å². The molecule has 0 saturated heterocycles. The lowest BCUT2D eigenvalue weighted by Crippen LogP contribution is -2.39. The maximum Gasteiger partial charge on any atom is 0.401 e. The van der Waals surface area contributed by atoms with E-state index in [0.717, 1.165) is 5.56 Å². The van der Waals surface area contributed by atoms with Crippen molar-refractivity contribution in [2.75, 3.05) is 0 Å². The largest absolute Gasteiger partial charge is 0.401 e. The summed E-state index contributed by atoms with van der Waals surface area (Å²) in [5.74, 6) is -3.44. The van der Waals surface area contributed by atoms with E-state index < -0.39 is 23.1 Å². The summed E-state index contributed by atoms with van der Waals surface area (Å²) in [6.45, 7) is 4.75. The molecule has 1 unspecified atom stereocenters. The zero-order valence-corrected chi connectivity index (χ0v) is 12.5. The molecule has 0 aliphatic carbocycles. The quantitative estimate of drug-likeness (QED) is 0.461. The van der Waals surface area contributed by atoms with Crippen LogP contribution in [0.2, 0.25) is 0 Å². The fourth-order valence-corrected chi connectivity index (χ4v) is 3.63. The maximum absolute atomic E-state index is 12.7. The van der Waals surface area contributed by atoms with E-state index >= 15 is 0 Å². The molecule has 1 rings (SSSR count). The zero-order valence-electron chi connectivity index (χ0n) is 11.0. The Labute approximate surface area is 121 Å². The van der Waals surface area contributed by atoms with Crippen molar-refractivity contribution in [1.82, 2.24) is 0 Å². The molecule has 1 aromatic rings. The summed E-state index contributed by atoms with van der Waals surface area (Å²) in [7, 11) is 0. The minimum absolute atomic E-state index is 0.0373. The highest BCUT2D eigenvalue weighted by atomic mass is 79.9. The van der Waals surface area contributed by atoms with Gasteiger partial charge >= 0.3 is 12.4 Å². The molecule has 0 spiro atoms. The van der Waals surface area contributed by atoms with Crippen LogP contribution in [-0.4, -0.2) is 12.4 Å². The van der Waals surface area contributed by atoms with Crippen molar-refractivity contribution in [2.24, 2.45) is 5.92 Å². The lowest BCUT2D eigenvalue weighted by atomic mass is 9.90. The first-order chi connectivity index (χ1) is 8.85. The fourth-order valence-electron chi connectivity index (χ4n) is 2.31. The summed E-state index contributed by atoms with van der Waals surface area (Å²) in [4.78, 5) is -1.86. The maximum atomic E-state index is 12.7. The Balaban J connectivity index is 3.38. The van der Waals surface area contributed by atoms with Gasteiger partial charge in [-0.3, -0.25) is 0 Å². The van der Waals surface area contributed by atoms with Crippen LogP contribution in [0.15, 0.2) is 12.1 Å². The van der Waals surface area contributed by atoms with Crippen LogP contribution in [-0.2, 0) is 0 Å². The topological polar surface area (TPSA) is 0 Å². The first-order valence-corrected chi connectivity index (χ1v) is 6.62. The molecule has 0 fully saturated rings. The van der Waals surface area contributed by atoms with Crippen molar-refractivity contribution in [2.45, 2.75) is 38.0 Å². The fraction of sp³-hybridized carbons (Fsp3) is 0.538. The molecule has 0 heterocycles. The highest BCUT2D eigenvalue weighted by Gasteiger charge is 2.60. The summed E-state index contributed by atoms with van der Waals surface area (Å²) in [6.07, 6.45) is -10.7. The highest BCUT2D eigenvalue weighted by Crippen LogP contribution is 2.51. The summed E-state index contributed by atoms with van der Waals surface area (Å²) >= 11 is 2.61. The second-order valence-electron chi connectivity index (χ2n) is 4.78. The number of halogens is 7. The normalized spacial score (nSPS) is 14.8. The van der Waals surface area contributed by atoms with E-state index in [0.29, 0.717) is 11.1 Å². The first kappa shape index (κ1) is 17.3. The van der Waals surface area contributed by atoms with Crippen LogP contribution in [0.1, 0.15) is 27.1 Å². The third-order valence-corrected chi connectivity index (χ3v) is 4.00. The van der Waals surface area contributed by atoms with Crippen LogP contribution in [0.25, 0.3) is 0 Å². The highest BCUT2D eigenvalue weighted by molar-refractivity contribution is 9.09. The van der Waals surface area contributed by atoms with E-state index in [1.807, 2.05) is 0 Å². The van der Waals surface area contributed by atoms with Crippen molar-refractivity contribution >= 4 is 15.9 Å². The third-order valence-electron chi connectivity index (χ3n) is 3.01. The van der Waals surface area contributed by atoms with E-state index in [2.05, 4.69) is 15.9 Å². The van der Waals surface area contributed by atoms with E-state index in [1.165, 1.54) is 13.8 Å². The number of alkyl halides is 7. The lowest BCUT2D eigenvalue weighted by Gasteiger charge is -2.29. The molecule has 114 valence electrons. The predicted octanol–water partition coefficient (Wildman–Crippen LogP) is 5.79. The average molecular weight is 363 g/mol. The number of hydrogen-bond donors (Lipinski definition) is 0. The number of hydrogen-bond acceptors (Lipinski definition) is 0. The molecule has 7 heteroatoms. The molecule has 1 atom stereocenters. The molecule has 1 aromatic carbocycles. The monoisotopic (exact) mass is 362 g/mol. The second kappa shape index (κ2) is 5.58. The molecule has 0 N–H and O–H groups in total. The van der Waals surface area contributed by atoms with E-state index in [4.69, 9.17) is 0 Å². The Hall–Kier alpha value is -0.720. The van der Waals surface area contributed by atoms with Crippen molar-refractivity contribution in [1.29, 1.82) is 0 Å². The Morgan fingerprint density at radius 3 is 1.50 bits per heavy atom. The number of rotatable bonds is 2. The van der Waals surface area contributed by atoms with Crippen molar-refractivity contribution in [3.63, 3.8) is 0 Å².